The summed E-state index contributed by atoms with van der Waals surface area (Å²) in [6.07, 6.45) is 11.9. The Morgan fingerprint density at radius 1 is 0.841 bits per heavy atom. The van der Waals surface area contributed by atoms with Gasteiger partial charge in [0.2, 0.25) is 0 Å². The highest BCUT2D eigenvalue weighted by molar-refractivity contribution is 6.53. The molecule has 0 aliphatic carbocycles. The van der Waals surface area contributed by atoms with Crippen molar-refractivity contribution in [3.05, 3.63) is 76.4 Å². The molecule has 238 valence electrons. The van der Waals surface area contributed by atoms with Gasteiger partial charge in [0.1, 0.15) is 22.3 Å². The minimum Gasteiger partial charge on any atom is -0.502 e. The molecule has 12 heteroatoms. The molecule has 1 saturated heterocycles. The third-order valence-corrected chi connectivity index (χ3v) is 7.81. The molecule has 1 fully saturated rings. The average Bonchev–Trinajstić information content (AvgIpc) is 3.26. The molecule has 2 aromatic rings. The number of carbonyl (C=O) groups excluding carboxylic acids is 2. The highest BCUT2D eigenvalue weighted by Crippen LogP contribution is 2.39. The van der Waals surface area contributed by atoms with Gasteiger partial charge in [-0.05, 0) is 83.2 Å². The molecule has 5 rings (SSSR count). The van der Waals surface area contributed by atoms with E-state index in [2.05, 4.69) is 53.2 Å². The first kappa shape index (κ1) is 35.1. The fraction of sp³-hybridized carbons (Fsp3) is 0.500. The van der Waals surface area contributed by atoms with Crippen LogP contribution in [0.15, 0.2) is 54.5 Å². The largest absolute Gasteiger partial charge is 0.531 e. The summed E-state index contributed by atoms with van der Waals surface area (Å²) >= 11 is 5.71. The number of esters is 2. The lowest BCUT2D eigenvalue weighted by Crippen LogP contribution is -2.41. The van der Waals surface area contributed by atoms with E-state index in [0.29, 0.717) is 17.3 Å². The van der Waals surface area contributed by atoms with Gasteiger partial charge in [0.15, 0.2) is 0 Å². The Labute approximate surface area is 265 Å². The first-order chi connectivity index (χ1) is 21.0. The fourth-order valence-corrected chi connectivity index (χ4v) is 4.42. The summed E-state index contributed by atoms with van der Waals surface area (Å²) in [7, 11) is 2.40. The summed E-state index contributed by atoms with van der Waals surface area (Å²) in [5, 5.41) is 0.350. The van der Waals surface area contributed by atoms with Crippen molar-refractivity contribution in [2.45, 2.75) is 77.4 Å². The highest BCUT2D eigenvalue weighted by atomic mass is 35.5. The standard InChI is InChI=1S/C13H15NO3.C11H19BO3.C8H8ClNO2/c1-16-12(15)9-10-5-4-7-14-13(10)11-6-2-3-8-17-11;1-10(2)11(3,4)15-12(14-10)9-7-5-6-8-13-9;1-12-7(11)5-6-3-2-4-10-8(6)9/h4-7H,2-3,8-9H2,1H3;7H,5-6,8H2,1-4H3;2-4H,5H2,1H3. The lowest BCUT2D eigenvalue weighted by molar-refractivity contribution is -0.140. The van der Waals surface area contributed by atoms with E-state index in [0.717, 1.165) is 55.0 Å². The summed E-state index contributed by atoms with van der Waals surface area (Å²) < 4.78 is 32.1. The Kier molecular flexibility index (Phi) is 13.2. The number of ether oxygens (including phenoxy) is 4. The van der Waals surface area contributed by atoms with E-state index < -0.39 is 0 Å². The molecule has 44 heavy (non-hydrogen) atoms. The van der Waals surface area contributed by atoms with Crippen LogP contribution in [0.1, 0.15) is 70.2 Å². The lowest BCUT2D eigenvalue weighted by atomic mass is 9.85. The maximum Gasteiger partial charge on any atom is 0.531 e. The number of aromatic nitrogens is 2. The smallest absolute Gasteiger partial charge is 0.502 e. The normalized spacial score (nSPS) is 18.0. The van der Waals surface area contributed by atoms with Gasteiger partial charge in [0.05, 0.1) is 51.5 Å². The zero-order chi connectivity index (χ0) is 32.2. The van der Waals surface area contributed by atoms with Crippen LogP contribution in [0.5, 0.6) is 0 Å². The molecule has 2 aromatic heterocycles. The van der Waals surface area contributed by atoms with Gasteiger partial charge in [-0.1, -0.05) is 23.7 Å². The molecule has 10 nitrogen and oxygen atoms in total. The van der Waals surface area contributed by atoms with Crippen LogP contribution in [-0.4, -0.2) is 67.7 Å². The second-order valence-electron chi connectivity index (χ2n) is 11.2. The van der Waals surface area contributed by atoms with Crippen LogP contribution in [-0.2, 0) is 50.7 Å². The zero-order valence-corrected chi connectivity index (χ0v) is 27.1. The van der Waals surface area contributed by atoms with E-state index in [1.54, 1.807) is 24.5 Å². The van der Waals surface area contributed by atoms with Gasteiger partial charge in [-0.15, -0.1) is 0 Å². The van der Waals surface area contributed by atoms with E-state index in [1.807, 2.05) is 18.2 Å². The summed E-state index contributed by atoms with van der Waals surface area (Å²) in [5.74, 6) is 0.191. The van der Waals surface area contributed by atoms with Gasteiger partial charge in [0.25, 0.3) is 0 Å². The second-order valence-corrected chi connectivity index (χ2v) is 11.6. The first-order valence-electron chi connectivity index (χ1n) is 14.7. The van der Waals surface area contributed by atoms with Crippen molar-refractivity contribution in [1.82, 2.24) is 9.97 Å². The molecule has 0 bridgehead atoms. The van der Waals surface area contributed by atoms with Crippen LogP contribution < -0.4 is 0 Å². The lowest BCUT2D eigenvalue weighted by Gasteiger charge is -2.32. The molecule has 5 heterocycles. The number of pyridine rings is 2. The van der Waals surface area contributed by atoms with Gasteiger partial charge in [-0.2, -0.15) is 0 Å². The summed E-state index contributed by atoms with van der Waals surface area (Å²) in [6, 6.07) is 7.15. The summed E-state index contributed by atoms with van der Waals surface area (Å²) in [4.78, 5) is 30.2. The van der Waals surface area contributed by atoms with Crippen molar-refractivity contribution in [3.63, 3.8) is 0 Å². The average molecular weight is 629 g/mol. The second kappa shape index (κ2) is 16.6. The van der Waals surface area contributed by atoms with Crippen molar-refractivity contribution < 1.29 is 37.8 Å². The fourth-order valence-electron chi connectivity index (χ4n) is 4.23. The zero-order valence-electron chi connectivity index (χ0n) is 26.4. The van der Waals surface area contributed by atoms with Gasteiger partial charge in [-0.25, -0.2) is 4.98 Å². The predicted molar refractivity (Wildman–Crippen MR) is 167 cm³/mol. The number of allylic oxidation sites excluding steroid dienone is 2. The SMILES string of the molecule is CC1(C)OB(C2=CCCCO2)OC1(C)C.COC(=O)Cc1cccnc1C1=CCCCO1.COC(=O)Cc1cccnc1Cl. The Hall–Kier alpha value is -3.41. The van der Waals surface area contributed by atoms with Crippen LogP contribution >= 0.6 is 11.6 Å². The summed E-state index contributed by atoms with van der Waals surface area (Å²) in [5.41, 5.74) is 2.56. The van der Waals surface area contributed by atoms with Crippen LogP contribution in [0.4, 0.5) is 0 Å². The molecule has 0 amide bonds. The van der Waals surface area contributed by atoms with Crippen LogP contribution in [0.3, 0.4) is 0 Å². The Morgan fingerprint density at radius 3 is 1.91 bits per heavy atom. The monoisotopic (exact) mass is 628 g/mol. The molecular weight excluding hydrogens is 587 g/mol. The minimum atomic E-state index is -0.324. The molecule has 3 aliphatic heterocycles. The van der Waals surface area contributed by atoms with Crippen LogP contribution in [0.25, 0.3) is 5.76 Å². The number of methoxy groups -OCH3 is 2. The highest BCUT2D eigenvalue weighted by Gasteiger charge is 2.53. The quantitative estimate of drug-likeness (QED) is 0.224. The van der Waals surface area contributed by atoms with E-state index >= 15 is 0 Å². The number of hydrogen-bond donors (Lipinski definition) is 0. The van der Waals surface area contributed by atoms with E-state index in [1.165, 1.54) is 14.2 Å². The van der Waals surface area contributed by atoms with Crippen molar-refractivity contribution in [2.24, 2.45) is 0 Å². The third kappa shape index (κ3) is 10.1. The molecule has 0 N–H and O–H groups in total. The number of nitrogens with zero attached hydrogens (tertiary/aromatic N) is 2. The Morgan fingerprint density at radius 2 is 1.39 bits per heavy atom. The molecule has 0 aromatic carbocycles. The number of halogens is 1. The van der Waals surface area contributed by atoms with Crippen molar-refractivity contribution in [1.29, 1.82) is 0 Å². The van der Waals surface area contributed by atoms with Crippen LogP contribution in [0, 0.1) is 0 Å². The summed E-state index contributed by atoms with van der Waals surface area (Å²) in [6.45, 7) is 9.69. The number of rotatable bonds is 6. The first-order valence-corrected chi connectivity index (χ1v) is 15.0. The molecular formula is C32H42BClN2O8. The number of hydrogen-bond acceptors (Lipinski definition) is 10. The molecule has 0 unspecified atom stereocenters. The maximum atomic E-state index is 11.3. The number of carbonyl (C=O) groups is 2. The van der Waals surface area contributed by atoms with Gasteiger partial charge in [-0.3, -0.25) is 14.6 Å². The third-order valence-electron chi connectivity index (χ3n) is 7.47. The van der Waals surface area contributed by atoms with Gasteiger partial charge >= 0.3 is 19.1 Å². The van der Waals surface area contributed by atoms with E-state index in [4.69, 9.17) is 30.4 Å². The van der Waals surface area contributed by atoms with Crippen molar-refractivity contribution in [3.8, 4) is 0 Å². The topological polar surface area (TPSA) is 115 Å². The maximum absolute atomic E-state index is 11.3. The molecule has 0 spiro atoms. The van der Waals surface area contributed by atoms with Gasteiger partial charge < -0.3 is 28.3 Å². The van der Waals surface area contributed by atoms with E-state index in [-0.39, 0.29) is 43.1 Å². The predicted octanol–water partition coefficient (Wildman–Crippen LogP) is 5.71. The molecule has 0 radical (unpaired) electrons. The van der Waals surface area contributed by atoms with Crippen LogP contribution in [0.2, 0.25) is 5.15 Å². The Bertz CT molecular complexity index is 1310. The minimum absolute atomic E-state index is 0.170. The Balaban J connectivity index is 0.000000183. The van der Waals surface area contributed by atoms with Crippen molar-refractivity contribution in [2.75, 3.05) is 27.4 Å². The van der Waals surface area contributed by atoms with E-state index in [9.17, 15) is 9.59 Å². The van der Waals surface area contributed by atoms with Crippen molar-refractivity contribution >= 4 is 36.4 Å². The molecule has 0 atom stereocenters. The van der Waals surface area contributed by atoms with Gasteiger partial charge in [0, 0.05) is 18.0 Å². The molecule has 0 saturated carbocycles. The molecule has 3 aliphatic rings.